The number of alkyl halides is 3. The largest absolute Gasteiger partial charge is 0.487 e. The topological polar surface area (TPSA) is 96.0 Å². The fraction of sp³-hybridized carbons (Fsp3) is 0.355. The summed E-state index contributed by atoms with van der Waals surface area (Å²) in [7, 11) is -5.85. The molecule has 236 valence electrons. The zero-order chi connectivity index (χ0) is 32.1. The van der Waals surface area contributed by atoms with Crippen molar-refractivity contribution in [2.45, 2.75) is 57.4 Å². The van der Waals surface area contributed by atoms with Crippen LogP contribution in [0.2, 0.25) is 25.7 Å². The van der Waals surface area contributed by atoms with Gasteiger partial charge in [0.2, 0.25) is 0 Å². The van der Waals surface area contributed by atoms with E-state index in [0.717, 1.165) is 19.7 Å². The molecule has 1 saturated heterocycles. The van der Waals surface area contributed by atoms with Gasteiger partial charge in [-0.3, -0.25) is 9.59 Å². The molecule has 1 aliphatic rings. The number of carbonyl (C=O) groups excluding carboxylic acids is 2. The molecule has 1 fully saturated rings. The van der Waals surface area contributed by atoms with Gasteiger partial charge in [0, 0.05) is 20.7 Å². The van der Waals surface area contributed by atoms with Crippen LogP contribution in [0.1, 0.15) is 16.7 Å². The SMILES string of the molecule is C[Si](C)(C)CCN1C(=O)CN(c2ccc(C[C@H](Cc3ccccc3)NC(=O)C(F)(F)F)cc2OCc2ccccc2)S1(=O)=O. The van der Waals surface area contributed by atoms with Crippen molar-refractivity contribution in [1.82, 2.24) is 9.62 Å². The lowest BCUT2D eigenvalue weighted by atomic mass is 9.98. The highest BCUT2D eigenvalue weighted by Crippen LogP contribution is 2.36. The van der Waals surface area contributed by atoms with E-state index in [1.54, 1.807) is 42.5 Å². The van der Waals surface area contributed by atoms with Gasteiger partial charge in [-0.25, -0.2) is 8.61 Å². The van der Waals surface area contributed by atoms with E-state index in [1.165, 1.54) is 6.07 Å². The molecule has 0 spiro atoms. The quantitative estimate of drug-likeness (QED) is 0.268. The van der Waals surface area contributed by atoms with Crippen LogP contribution < -0.4 is 14.4 Å². The minimum absolute atomic E-state index is 0.00665. The molecule has 1 atom stereocenters. The number of hydrogen-bond donors (Lipinski definition) is 1. The van der Waals surface area contributed by atoms with Gasteiger partial charge in [-0.05, 0) is 47.7 Å². The summed E-state index contributed by atoms with van der Waals surface area (Å²) >= 11 is 0. The molecule has 1 N–H and O–H groups in total. The van der Waals surface area contributed by atoms with E-state index in [1.807, 2.05) is 30.3 Å². The van der Waals surface area contributed by atoms with Gasteiger partial charge in [0.15, 0.2) is 0 Å². The van der Waals surface area contributed by atoms with Crippen LogP contribution in [0, 0.1) is 0 Å². The number of halogens is 3. The summed E-state index contributed by atoms with van der Waals surface area (Å²) < 4.78 is 74.7. The fourth-order valence-electron chi connectivity index (χ4n) is 4.78. The molecule has 1 aliphatic heterocycles. The number of rotatable bonds is 12. The van der Waals surface area contributed by atoms with Gasteiger partial charge in [0.1, 0.15) is 18.9 Å². The molecule has 0 bridgehead atoms. The van der Waals surface area contributed by atoms with Gasteiger partial charge in [-0.2, -0.15) is 21.6 Å². The molecule has 0 aliphatic carbocycles. The maximum absolute atomic E-state index is 13.6. The van der Waals surface area contributed by atoms with Crippen molar-refractivity contribution >= 4 is 35.8 Å². The van der Waals surface area contributed by atoms with Crippen LogP contribution in [0.15, 0.2) is 78.9 Å². The highest BCUT2D eigenvalue weighted by Gasteiger charge is 2.44. The standard InChI is InChI=1S/C31H36F3N3O5SSi/c1-44(2,3)17-16-36-29(38)21-37(43(36,40)41)27-15-14-25(20-28(27)42-22-24-12-8-5-9-13-24)19-26(35-30(39)31(32,33)34)18-23-10-6-4-7-11-23/h4-15,20,26H,16-19,21-22H2,1-3H3,(H,35,39)/t26-/m0/s1. The van der Waals surface area contributed by atoms with E-state index in [4.69, 9.17) is 4.74 Å². The predicted octanol–water partition coefficient (Wildman–Crippen LogP) is 5.33. The van der Waals surface area contributed by atoms with Gasteiger partial charge >= 0.3 is 22.3 Å². The summed E-state index contributed by atoms with van der Waals surface area (Å²) in [6.45, 7) is 6.05. The third-order valence-electron chi connectivity index (χ3n) is 7.11. The number of hydrogen-bond acceptors (Lipinski definition) is 5. The Balaban J connectivity index is 1.66. The Hall–Kier alpha value is -3.84. The second-order valence-electron chi connectivity index (χ2n) is 11.9. The van der Waals surface area contributed by atoms with Crippen LogP contribution in [0.3, 0.4) is 0 Å². The molecule has 0 radical (unpaired) electrons. The Morgan fingerprint density at radius 2 is 1.52 bits per heavy atom. The first kappa shape index (κ1) is 33.1. The first-order valence-electron chi connectivity index (χ1n) is 14.2. The number of ether oxygens (including phenoxy) is 1. The zero-order valence-corrected chi connectivity index (χ0v) is 26.6. The number of nitrogens with one attached hydrogen (secondary N) is 1. The second kappa shape index (κ2) is 13.4. The van der Waals surface area contributed by atoms with Crippen LogP contribution in [-0.2, 0) is 39.2 Å². The molecule has 0 unspecified atom stereocenters. The smallest absolute Gasteiger partial charge is 0.471 e. The molecule has 13 heteroatoms. The van der Waals surface area contributed by atoms with Crippen molar-refractivity contribution in [3.63, 3.8) is 0 Å². The van der Waals surface area contributed by atoms with Crippen molar-refractivity contribution in [1.29, 1.82) is 0 Å². The van der Waals surface area contributed by atoms with Crippen LogP contribution in [0.4, 0.5) is 18.9 Å². The summed E-state index contributed by atoms with van der Waals surface area (Å²) in [5.41, 5.74) is 2.20. The molecule has 44 heavy (non-hydrogen) atoms. The number of carbonyl (C=O) groups is 2. The van der Waals surface area contributed by atoms with Crippen molar-refractivity contribution in [3.05, 3.63) is 95.6 Å². The minimum Gasteiger partial charge on any atom is -0.487 e. The molecular formula is C31H36F3N3O5SSi. The normalized spacial score (nSPS) is 15.7. The maximum atomic E-state index is 13.6. The van der Waals surface area contributed by atoms with E-state index < -0.39 is 48.9 Å². The predicted molar refractivity (Wildman–Crippen MR) is 165 cm³/mol. The Labute approximate surface area is 257 Å². The molecule has 1 heterocycles. The number of amides is 2. The van der Waals surface area contributed by atoms with E-state index in [2.05, 4.69) is 25.0 Å². The molecular weight excluding hydrogens is 612 g/mol. The summed E-state index contributed by atoms with van der Waals surface area (Å²) in [6, 6.07) is 22.3. The van der Waals surface area contributed by atoms with Crippen LogP contribution in [-0.4, -0.2) is 57.9 Å². The average Bonchev–Trinajstić information content (AvgIpc) is 3.18. The van der Waals surface area contributed by atoms with E-state index in [0.29, 0.717) is 11.6 Å². The Kier molecular flexibility index (Phi) is 10.1. The third-order valence-corrected chi connectivity index (χ3v) is 10.7. The second-order valence-corrected chi connectivity index (χ2v) is 19.3. The van der Waals surface area contributed by atoms with Crippen molar-refractivity contribution < 1.29 is 35.9 Å². The maximum Gasteiger partial charge on any atom is 0.471 e. The fourth-order valence-corrected chi connectivity index (χ4v) is 7.39. The van der Waals surface area contributed by atoms with E-state index >= 15 is 0 Å². The number of benzene rings is 3. The third kappa shape index (κ3) is 8.62. The Morgan fingerprint density at radius 3 is 2.11 bits per heavy atom. The first-order chi connectivity index (χ1) is 20.6. The Morgan fingerprint density at radius 1 is 0.932 bits per heavy atom. The monoisotopic (exact) mass is 647 g/mol. The highest BCUT2D eigenvalue weighted by molar-refractivity contribution is 7.91. The van der Waals surface area contributed by atoms with Crippen LogP contribution in [0.5, 0.6) is 5.75 Å². The van der Waals surface area contributed by atoms with Crippen molar-refractivity contribution in [2.75, 3.05) is 17.4 Å². The molecule has 0 saturated carbocycles. The molecule has 3 aromatic carbocycles. The summed E-state index contributed by atoms with van der Waals surface area (Å²) in [4.78, 5) is 24.8. The van der Waals surface area contributed by atoms with Gasteiger partial charge in [-0.15, -0.1) is 0 Å². The summed E-state index contributed by atoms with van der Waals surface area (Å²) in [6.07, 6.45) is -4.92. The Bertz CT molecular complexity index is 1570. The summed E-state index contributed by atoms with van der Waals surface area (Å²) in [5, 5.41) is 2.09. The number of nitrogens with zero attached hydrogens (tertiary/aromatic N) is 2. The molecule has 0 aromatic heterocycles. The lowest BCUT2D eigenvalue weighted by molar-refractivity contribution is -0.174. The van der Waals surface area contributed by atoms with Crippen molar-refractivity contribution in [2.24, 2.45) is 0 Å². The van der Waals surface area contributed by atoms with Gasteiger partial charge < -0.3 is 10.1 Å². The van der Waals surface area contributed by atoms with Crippen LogP contribution >= 0.6 is 0 Å². The minimum atomic E-state index is -5.05. The van der Waals surface area contributed by atoms with Gasteiger partial charge in [0.25, 0.3) is 5.91 Å². The van der Waals surface area contributed by atoms with E-state index in [-0.39, 0.29) is 37.4 Å². The first-order valence-corrected chi connectivity index (χ1v) is 19.3. The lowest BCUT2D eigenvalue weighted by Crippen LogP contribution is -2.45. The van der Waals surface area contributed by atoms with E-state index in [9.17, 15) is 31.2 Å². The van der Waals surface area contributed by atoms with Crippen molar-refractivity contribution in [3.8, 4) is 5.75 Å². The molecule has 2 amide bonds. The van der Waals surface area contributed by atoms with Gasteiger partial charge in [0.05, 0.1) is 5.69 Å². The summed E-state index contributed by atoms with van der Waals surface area (Å²) in [5.74, 6) is -2.44. The molecule has 4 rings (SSSR count). The lowest BCUT2D eigenvalue weighted by Gasteiger charge is -2.25. The molecule has 3 aromatic rings. The average molecular weight is 648 g/mol. The molecule has 8 nitrogen and oxygen atoms in total. The highest BCUT2D eigenvalue weighted by atomic mass is 32.2. The van der Waals surface area contributed by atoms with Gasteiger partial charge in [-0.1, -0.05) is 86.4 Å². The number of anilines is 1. The van der Waals surface area contributed by atoms with Crippen LogP contribution in [0.25, 0.3) is 0 Å². The zero-order valence-electron chi connectivity index (χ0n) is 24.8.